The summed E-state index contributed by atoms with van der Waals surface area (Å²) in [5.74, 6) is 1.36. The van der Waals surface area contributed by atoms with Crippen LogP contribution in [-0.2, 0) is 0 Å². The molecule has 0 aliphatic heterocycles. The number of rotatable bonds is 4. The molecule has 2 atom stereocenters. The van der Waals surface area contributed by atoms with Crippen LogP contribution < -0.4 is 15.8 Å². The molecule has 4 heteroatoms. The number of hydrogen-bond acceptors (Lipinski definition) is 3. The predicted octanol–water partition coefficient (Wildman–Crippen LogP) is 3.28. The molecule has 0 saturated heterocycles. The van der Waals surface area contributed by atoms with E-state index in [2.05, 4.69) is 5.32 Å². The molecule has 18 heavy (non-hydrogen) atoms. The SMILES string of the molecule is COc1ccc(Cl)c(NC2CCCCC2CN)c1. The number of halogens is 1. The van der Waals surface area contributed by atoms with E-state index in [9.17, 15) is 0 Å². The second-order valence-corrected chi connectivity index (χ2v) is 5.28. The molecule has 3 N–H and O–H groups in total. The van der Waals surface area contributed by atoms with E-state index in [1.165, 1.54) is 19.3 Å². The monoisotopic (exact) mass is 268 g/mol. The van der Waals surface area contributed by atoms with E-state index in [4.69, 9.17) is 22.1 Å². The average molecular weight is 269 g/mol. The van der Waals surface area contributed by atoms with Gasteiger partial charge in [-0.3, -0.25) is 0 Å². The number of nitrogens with two attached hydrogens (primary N) is 1. The fourth-order valence-corrected chi connectivity index (χ4v) is 2.79. The van der Waals surface area contributed by atoms with Gasteiger partial charge in [0.15, 0.2) is 0 Å². The van der Waals surface area contributed by atoms with Gasteiger partial charge in [-0.1, -0.05) is 24.4 Å². The number of methoxy groups -OCH3 is 1. The number of benzene rings is 1. The first-order valence-corrected chi connectivity index (χ1v) is 6.92. The third-order valence-corrected chi connectivity index (χ3v) is 4.06. The smallest absolute Gasteiger partial charge is 0.121 e. The molecule has 0 radical (unpaired) electrons. The largest absolute Gasteiger partial charge is 0.497 e. The number of anilines is 1. The number of ether oxygens (including phenoxy) is 1. The van der Waals surface area contributed by atoms with Crippen LogP contribution in [0.15, 0.2) is 18.2 Å². The zero-order chi connectivity index (χ0) is 13.0. The molecule has 3 nitrogen and oxygen atoms in total. The van der Waals surface area contributed by atoms with Gasteiger partial charge in [0.25, 0.3) is 0 Å². The van der Waals surface area contributed by atoms with E-state index in [1.807, 2.05) is 18.2 Å². The normalized spacial score (nSPS) is 23.7. The van der Waals surface area contributed by atoms with Crippen molar-refractivity contribution in [3.8, 4) is 5.75 Å². The van der Waals surface area contributed by atoms with Gasteiger partial charge in [0.05, 0.1) is 17.8 Å². The summed E-state index contributed by atoms with van der Waals surface area (Å²) in [5.41, 5.74) is 6.79. The fraction of sp³-hybridized carbons (Fsp3) is 0.571. The second kappa shape index (κ2) is 6.30. The molecule has 2 unspecified atom stereocenters. The Hall–Kier alpha value is -0.930. The van der Waals surface area contributed by atoms with Gasteiger partial charge < -0.3 is 15.8 Å². The van der Waals surface area contributed by atoms with Gasteiger partial charge in [-0.15, -0.1) is 0 Å². The molecule has 1 aromatic rings. The minimum absolute atomic E-state index is 0.424. The van der Waals surface area contributed by atoms with E-state index in [0.29, 0.717) is 12.0 Å². The molecule has 0 spiro atoms. The van der Waals surface area contributed by atoms with Gasteiger partial charge >= 0.3 is 0 Å². The molecule has 0 amide bonds. The second-order valence-electron chi connectivity index (χ2n) is 4.88. The standard InChI is InChI=1S/C14H21ClN2O/c1-18-11-6-7-12(15)14(8-11)17-13-5-3-2-4-10(13)9-16/h6-8,10,13,17H,2-5,9,16H2,1H3. The topological polar surface area (TPSA) is 47.3 Å². The minimum Gasteiger partial charge on any atom is -0.497 e. The zero-order valence-electron chi connectivity index (χ0n) is 10.8. The maximum Gasteiger partial charge on any atom is 0.121 e. The van der Waals surface area contributed by atoms with Crippen LogP contribution >= 0.6 is 11.6 Å². The molecule has 100 valence electrons. The lowest BCUT2D eigenvalue weighted by Gasteiger charge is -2.32. The van der Waals surface area contributed by atoms with Gasteiger partial charge in [0.1, 0.15) is 5.75 Å². The highest BCUT2D eigenvalue weighted by Gasteiger charge is 2.24. The van der Waals surface area contributed by atoms with Crippen LogP contribution in [0.2, 0.25) is 5.02 Å². The van der Waals surface area contributed by atoms with Gasteiger partial charge in [0, 0.05) is 12.1 Å². The Bertz CT molecular complexity index is 397. The Morgan fingerprint density at radius 2 is 2.17 bits per heavy atom. The molecule has 1 aliphatic carbocycles. The first-order chi connectivity index (χ1) is 8.74. The van der Waals surface area contributed by atoms with Crippen molar-refractivity contribution in [2.75, 3.05) is 19.0 Å². The lowest BCUT2D eigenvalue weighted by atomic mass is 9.84. The molecule has 1 aliphatic rings. The van der Waals surface area contributed by atoms with E-state index in [-0.39, 0.29) is 0 Å². The van der Waals surface area contributed by atoms with Crippen LogP contribution in [-0.4, -0.2) is 19.7 Å². The lowest BCUT2D eigenvalue weighted by molar-refractivity contribution is 0.332. The van der Waals surface area contributed by atoms with Crippen molar-refractivity contribution >= 4 is 17.3 Å². The zero-order valence-corrected chi connectivity index (χ0v) is 11.5. The van der Waals surface area contributed by atoms with E-state index in [0.717, 1.165) is 29.4 Å². The van der Waals surface area contributed by atoms with Gasteiger partial charge in [-0.05, 0) is 37.4 Å². The summed E-state index contributed by atoms with van der Waals surface area (Å²) >= 11 is 6.21. The van der Waals surface area contributed by atoms with E-state index >= 15 is 0 Å². The quantitative estimate of drug-likeness (QED) is 0.881. The first kappa shape index (κ1) is 13.5. The molecule has 1 saturated carbocycles. The maximum atomic E-state index is 6.21. The van der Waals surface area contributed by atoms with Crippen molar-refractivity contribution in [1.82, 2.24) is 0 Å². The van der Waals surface area contributed by atoms with Gasteiger partial charge in [-0.25, -0.2) is 0 Å². The number of hydrogen-bond donors (Lipinski definition) is 2. The molecular formula is C14H21ClN2O. The molecule has 2 rings (SSSR count). The van der Waals surface area contributed by atoms with Crippen molar-refractivity contribution in [3.63, 3.8) is 0 Å². The molecule has 0 heterocycles. The average Bonchev–Trinajstić information content (AvgIpc) is 2.42. The van der Waals surface area contributed by atoms with Gasteiger partial charge in [-0.2, -0.15) is 0 Å². The maximum absolute atomic E-state index is 6.21. The van der Waals surface area contributed by atoms with Crippen LogP contribution in [0, 0.1) is 5.92 Å². The predicted molar refractivity (Wildman–Crippen MR) is 76.4 cm³/mol. The van der Waals surface area contributed by atoms with Crippen molar-refractivity contribution < 1.29 is 4.74 Å². The highest BCUT2D eigenvalue weighted by Crippen LogP contribution is 2.31. The van der Waals surface area contributed by atoms with Crippen molar-refractivity contribution in [2.24, 2.45) is 11.7 Å². The summed E-state index contributed by atoms with van der Waals surface area (Å²) in [6.45, 7) is 0.735. The first-order valence-electron chi connectivity index (χ1n) is 6.54. The molecule has 0 bridgehead atoms. The van der Waals surface area contributed by atoms with E-state index in [1.54, 1.807) is 7.11 Å². The highest BCUT2D eigenvalue weighted by atomic mass is 35.5. The highest BCUT2D eigenvalue weighted by molar-refractivity contribution is 6.33. The number of nitrogens with one attached hydrogen (secondary N) is 1. The van der Waals surface area contributed by atoms with Crippen molar-refractivity contribution in [3.05, 3.63) is 23.2 Å². The third-order valence-electron chi connectivity index (χ3n) is 3.73. The molecule has 1 aromatic carbocycles. The van der Waals surface area contributed by atoms with Crippen LogP contribution in [0.3, 0.4) is 0 Å². The van der Waals surface area contributed by atoms with Crippen LogP contribution in [0.25, 0.3) is 0 Å². The summed E-state index contributed by atoms with van der Waals surface area (Å²) < 4.78 is 5.23. The molecular weight excluding hydrogens is 248 g/mol. The van der Waals surface area contributed by atoms with Crippen LogP contribution in [0.1, 0.15) is 25.7 Å². The summed E-state index contributed by atoms with van der Waals surface area (Å²) in [7, 11) is 1.66. The Morgan fingerprint density at radius 1 is 1.39 bits per heavy atom. The Morgan fingerprint density at radius 3 is 2.89 bits per heavy atom. The Kier molecular flexibility index (Phi) is 4.72. The minimum atomic E-state index is 0.424. The summed E-state index contributed by atoms with van der Waals surface area (Å²) in [6, 6.07) is 6.11. The lowest BCUT2D eigenvalue weighted by Crippen LogP contribution is -2.36. The third kappa shape index (κ3) is 3.09. The van der Waals surface area contributed by atoms with Crippen LogP contribution in [0.4, 0.5) is 5.69 Å². The molecule has 1 fully saturated rings. The van der Waals surface area contributed by atoms with E-state index < -0.39 is 0 Å². The van der Waals surface area contributed by atoms with Crippen molar-refractivity contribution in [1.29, 1.82) is 0 Å². The molecule has 0 aromatic heterocycles. The fourth-order valence-electron chi connectivity index (χ4n) is 2.62. The van der Waals surface area contributed by atoms with Crippen LogP contribution in [0.5, 0.6) is 5.75 Å². The Labute approximate surface area is 114 Å². The summed E-state index contributed by atoms with van der Waals surface area (Å²) in [6.07, 6.45) is 4.91. The Balaban J connectivity index is 2.11. The summed E-state index contributed by atoms with van der Waals surface area (Å²) in [4.78, 5) is 0. The summed E-state index contributed by atoms with van der Waals surface area (Å²) in [5, 5.41) is 4.27. The van der Waals surface area contributed by atoms with Crippen molar-refractivity contribution in [2.45, 2.75) is 31.7 Å². The van der Waals surface area contributed by atoms with Gasteiger partial charge in [0.2, 0.25) is 0 Å².